The van der Waals surface area contributed by atoms with Crippen molar-refractivity contribution in [2.45, 2.75) is 12.1 Å². The Bertz CT molecular complexity index is 394. The van der Waals surface area contributed by atoms with E-state index >= 15 is 0 Å². The second kappa shape index (κ2) is 5.97. The van der Waals surface area contributed by atoms with Crippen molar-refractivity contribution in [1.82, 2.24) is 5.32 Å². The topological polar surface area (TPSA) is 113 Å². The summed E-state index contributed by atoms with van der Waals surface area (Å²) >= 11 is 0. The van der Waals surface area contributed by atoms with E-state index in [2.05, 4.69) is 5.32 Å². The lowest BCUT2D eigenvalue weighted by Crippen LogP contribution is -2.46. The van der Waals surface area contributed by atoms with E-state index < -0.39 is 30.6 Å². The van der Waals surface area contributed by atoms with E-state index in [-0.39, 0.29) is 0 Å². The van der Waals surface area contributed by atoms with Crippen LogP contribution in [-0.4, -0.2) is 34.7 Å². The van der Waals surface area contributed by atoms with Crippen LogP contribution in [0, 0.1) is 0 Å². The van der Waals surface area contributed by atoms with Gasteiger partial charge in [-0.2, -0.15) is 0 Å². The fraction of sp³-hybridized carbons (Fsp3) is 0.273. The number of nitrogens with one attached hydrogen (secondary N) is 1. The maximum Gasteiger partial charge on any atom is 0.328 e. The van der Waals surface area contributed by atoms with Crippen molar-refractivity contribution >= 4 is 11.9 Å². The molecule has 0 saturated heterocycles. The fourth-order valence-corrected chi connectivity index (χ4v) is 1.26. The molecule has 6 nitrogen and oxygen atoms in total. The number of amides is 1. The molecular formula is C11H14N2O4. The van der Waals surface area contributed by atoms with Gasteiger partial charge in [-0.15, -0.1) is 0 Å². The summed E-state index contributed by atoms with van der Waals surface area (Å²) in [6.45, 7) is -0.678. The van der Waals surface area contributed by atoms with Crippen molar-refractivity contribution in [3.63, 3.8) is 0 Å². The van der Waals surface area contributed by atoms with Crippen LogP contribution in [0.4, 0.5) is 0 Å². The zero-order valence-electron chi connectivity index (χ0n) is 9.04. The first-order chi connectivity index (χ1) is 8.06. The van der Waals surface area contributed by atoms with E-state index in [4.69, 9.17) is 15.9 Å². The monoisotopic (exact) mass is 238 g/mol. The number of nitrogens with two attached hydrogens (primary N) is 1. The van der Waals surface area contributed by atoms with E-state index in [1.165, 1.54) is 0 Å². The number of carboxylic acids is 1. The van der Waals surface area contributed by atoms with Gasteiger partial charge in [-0.1, -0.05) is 30.3 Å². The predicted molar refractivity (Wildman–Crippen MR) is 60.0 cm³/mol. The molecule has 6 heteroatoms. The average molecular weight is 238 g/mol. The number of hydrogen-bond donors (Lipinski definition) is 4. The van der Waals surface area contributed by atoms with Crippen molar-refractivity contribution in [1.29, 1.82) is 0 Å². The summed E-state index contributed by atoms with van der Waals surface area (Å²) in [4.78, 5) is 22.2. The highest BCUT2D eigenvalue weighted by atomic mass is 16.4. The number of hydrogen-bond acceptors (Lipinski definition) is 4. The standard InChI is InChI=1S/C11H14N2O4/c12-9(7-4-2-1-3-5-7)10(15)13-8(6-14)11(16)17/h1-5,8-9,14H,6,12H2,(H,13,15)(H,16,17)/t8-,9-/m0/s1. The van der Waals surface area contributed by atoms with E-state index in [0.29, 0.717) is 5.56 Å². The second-order valence-corrected chi connectivity index (χ2v) is 3.47. The first-order valence-electron chi connectivity index (χ1n) is 5.01. The molecule has 0 fully saturated rings. The Balaban J connectivity index is 2.68. The van der Waals surface area contributed by atoms with E-state index in [9.17, 15) is 9.59 Å². The van der Waals surface area contributed by atoms with Gasteiger partial charge >= 0.3 is 5.97 Å². The molecule has 0 aliphatic heterocycles. The molecule has 0 spiro atoms. The number of carbonyl (C=O) groups excluding carboxylic acids is 1. The quantitative estimate of drug-likeness (QED) is 0.539. The summed E-state index contributed by atoms with van der Waals surface area (Å²) in [7, 11) is 0. The molecule has 0 radical (unpaired) electrons. The van der Waals surface area contributed by atoms with Gasteiger partial charge in [-0.05, 0) is 5.56 Å². The lowest BCUT2D eigenvalue weighted by molar-refractivity contribution is -0.143. The molecule has 1 rings (SSSR count). The number of aliphatic hydroxyl groups is 1. The smallest absolute Gasteiger partial charge is 0.328 e. The molecule has 1 amide bonds. The van der Waals surface area contributed by atoms with Gasteiger partial charge in [-0.25, -0.2) is 4.79 Å². The van der Waals surface area contributed by atoms with E-state index in [1.807, 2.05) is 0 Å². The molecule has 0 aliphatic carbocycles. The molecule has 0 heterocycles. The summed E-state index contributed by atoms with van der Waals surface area (Å²) in [5.74, 6) is -1.95. The summed E-state index contributed by atoms with van der Waals surface area (Å²) in [6, 6.07) is 6.27. The van der Waals surface area contributed by atoms with Crippen LogP contribution in [0.5, 0.6) is 0 Å². The van der Waals surface area contributed by atoms with Crippen molar-refractivity contribution in [2.75, 3.05) is 6.61 Å². The van der Waals surface area contributed by atoms with Crippen LogP contribution < -0.4 is 11.1 Å². The Kier molecular flexibility index (Phi) is 4.62. The van der Waals surface area contributed by atoms with Gasteiger partial charge in [0.05, 0.1) is 6.61 Å². The molecule has 92 valence electrons. The van der Waals surface area contributed by atoms with Crippen molar-refractivity contribution in [3.05, 3.63) is 35.9 Å². The van der Waals surface area contributed by atoms with Gasteiger partial charge in [0.2, 0.25) is 5.91 Å². The molecule has 2 atom stereocenters. The zero-order chi connectivity index (χ0) is 12.8. The minimum absolute atomic E-state index is 0.576. The van der Waals surface area contributed by atoms with Crippen LogP contribution >= 0.6 is 0 Å². The molecule has 0 unspecified atom stereocenters. The number of aliphatic carboxylic acids is 1. The highest BCUT2D eigenvalue weighted by Gasteiger charge is 2.23. The number of rotatable bonds is 5. The third-order valence-corrected chi connectivity index (χ3v) is 2.24. The van der Waals surface area contributed by atoms with Crippen LogP contribution in [-0.2, 0) is 9.59 Å². The number of carboxylic acid groups (broad SMARTS) is 1. The minimum atomic E-state index is -1.34. The van der Waals surface area contributed by atoms with E-state index in [1.54, 1.807) is 30.3 Å². The molecule has 1 aromatic rings. The minimum Gasteiger partial charge on any atom is -0.480 e. The third-order valence-electron chi connectivity index (χ3n) is 2.24. The van der Waals surface area contributed by atoms with Crippen LogP contribution in [0.15, 0.2) is 30.3 Å². The van der Waals surface area contributed by atoms with Crippen LogP contribution in [0.1, 0.15) is 11.6 Å². The Labute approximate surface area is 98.1 Å². The molecular weight excluding hydrogens is 224 g/mol. The summed E-state index contributed by atoms with van der Waals surface area (Å²) in [5, 5.41) is 19.6. The van der Waals surface area contributed by atoms with Crippen LogP contribution in [0.2, 0.25) is 0 Å². The highest BCUT2D eigenvalue weighted by Crippen LogP contribution is 2.09. The van der Waals surface area contributed by atoms with Crippen molar-refractivity contribution in [3.8, 4) is 0 Å². The van der Waals surface area contributed by atoms with Gasteiger partial charge in [0, 0.05) is 0 Å². The molecule has 0 aromatic heterocycles. The second-order valence-electron chi connectivity index (χ2n) is 3.47. The first-order valence-corrected chi connectivity index (χ1v) is 5.01. The average Bonchev–Trinajstić information content (AvgIpc) is 2.35. The fourth-order valence-electron chi connectivity index (χ4n) is 1.26. The van der Waals surface area contributed by atoms with Gasteiger partial charge in [-0.3, -0.25) is 4.79 Å². The lowest BCUT2D eigenvalue weighted by atomic mass is 10.1. The van der Waals surface area contributed by atoms with E-state index in [0.717, 1.165) is 0 Å². The SMILES string of the molecule is N[C@H](C(=O)N[C@@H](CO)C(=O)O)c1ccccc1. The molecule has 0 bridgehead atoms. The van der Waals surface area contributed by atoms with Crippen molar-refractivity contribution < 1.29 is 19.8 Å². The summed E-state index contributed by atoms with van der Waals surface area (Å²) < 4.78 is 0. The van der Waals surface area contributed by atoms with Gasteiger partial charge < -0.3 is 21.3 Å². The third kappa shape index (κ3) is 3.54. The Hall–Kier alpha value is -1.92. The van der Waals surface area contributed by atoms with Gasteiger partial charge in [0.25, 0.3) is 0 Å². The molecule has 0 saturated carbocycles. The Morgan fingerprint density at radius 1 is 1.29 bits per heavy atom. The van der Waals surface area contributed by atoms with Crippen LogP contribution in [0.25, 0.3) is 0 Å². The molecule has 0 aliphatic rings. The maximum absolute atomic E-state index is 11.6. The maximum atomic E-state index is 11.6. The predicted octanol–water partition coefficient (Wildman–Crippen LogP) is -0.752. The van der Waals surface area contributed by atoms with Gasteiger partial charge in [0.15, 0.2) is 0 Å². The molecule has 5 N–H and O–H groups in total. The summed E-state index contributed by atoms with van der Waals surface area (Å²) in [5.41, 5.74) is 6.23. The Morgan fingerprint density at radius 2 is 1.88 bits per heavy atom. The molecule has 1 aromatic carbocycles. The number of benzene rings is 1. The van der Waals surface area contributed by atoms with Crippen LogP contribution in [0.3, 0.4) is 0 Å². The number of carbonyl (C=O) groups is 2. The highest BCUT2D eigenvalue weighted by molar-refractivity contribution is 5.87. The normalized spacial score (nSPS) is 13.8. The lowest BCUT2D eigenvalue weighted by Gasteiger charge is -2.16. The molecule has 17 heavy (non-hydrogen) atoms. The first kappa shape index (κ1) is 13.1. The number of aliphatic hydroxyl groups excluding tert-OH is 1. The van der Waals surface area contributed by atoms with Crippen molar-refractivity contribution in [2.24, 2.45) is 5.73 Å². The zero-order valence-corrected chi connectivity index (χ0v) is 9.04. The largest absolute Gasteiger partial charge is 0.480 e. The Morgan fingerprint density at radius 3 is 2.35 bits per heavy atom. The summed E-state index contributed by atoms with van der Waals surface area (Å²) in [6.07, 6.45) is 0. The van der Waals surface area contributed by atoms with Gasteiger partial charge in [0.1, 0.15) is 12.1 Å².